The number of benzene rings is 1. The van der Waals surface area contributed by atoms with Crippen molar-refractivity contribution in [3.05, 3.63) is 33.1 Å². The van der Waals surface area contributed by atoms with E-state index in [-0.39, 0.29) is 0 Å². The van der Waals surface area contributed by atoms with Crippen molar-refractivity contribution in [2.24, 2.45) is 0 Å². The first-order chi connectivity index (χ1) is 6.77. The summed E-state index contributed by atoms with van der Waals surface area (Å²) in [7, 11) is 0. The minimum absolute atomic E-state index is 0.597. The molecule has 0 N–H and O–H groups in total. The van der Waals surface area contributed by atoms with Gasteiger partial charge in [-0.2, -0.15) is 10.5 Å². The molecule has 0 aliphatic carbocycles. The van der Waals surface area contributed by atoms with Crippen LogP contribution >= 0.6 is 27.3 Å². The SMILES string of the molecule is N#Cc1c(Br)cc(C#N)c2sccc12. The van der Waals surface area contributed by atoms with E-state index in [1.807, 2.05) is 11.4 Å². The van der Waals surface area contributed by atoms with Crippen LogP contribution in [0.15, 0.2) is 22.0 Å². The lowest BCUT2D eigenvalue weighted by atomic mass is 10.1. The van der Waals surface area contributed by atoms with E-state index in [9.17, 15) is 0 Å². The molecule has 0 fully saturated rings. The highest BCUT2D eigenvalue weighted by molar-refractivity contribution is 9.10. The molecule has 0 radical (unpaired) electrons. The van der Waals surface area contributed by atoms with Crippen LogP contribution in [0.4, 0.5) is 0 Å². The van der Waals surface area contributed by atoms with Crippen molar-refractivity contribution in [1.29, 1.82) is 10.5 Å². The second-order valence-electron chi connectivity index (χ2n) is 2.67. The Balaban J connectivity index is 3.00. The maximum absolute atomic E-state index is 8.94. The molecule has 0 atom stereocenters. The normalized spacial score (nSPS) is 9.64. The van der Waals surface area contributed by atoms with Crippen molar-refractivity contribution in [2.45, 2.75) is 0 Å². The molecule has 4 heteroatoms. The van der Waals surface area contributed by atoms with Crippen LogP contribution in [-0.4, -0.2) is 0 Å². The predicted octanol–water partition coefficient (Wildman–Crippen LogP) is 3.41. The second kappa shape index (κ2) is 3.42. The third-order valence-electron chi connectivity index (χ3n) is 1.92. The van der Waals surface area contributed by atoms with Gasteiger partial charge >= 0.3 is 0 Å². The molecule has 2 rings (SSSR count). The number of fused-ring (bicyclic) bond motifs is 1. The van der Waals surface area contributed by atoms with Gasteiger partial charge in [-0.15, -0.1) is 11.3 Å². The van der Waals surface area contributed by atoms with Gasteiger partial charge in [-0.3, -0.25) is 0 Å². The van der Waals surface area contributed by atoms with E-state index >= 15 is 0 Å². The summed E-state index contributed by atoms with van der Waals surface area (Å²) in [6.07, 6.45) is 0. The quantitative estimate of drug-likeness (QED) is 0.731. The maximum atomic E-state index is 8.94. The highest BCUT2D eigenvalue weighted by Gasteiger charge is 2.10. The Labute approximate surface area is 93.1 Å². The summed E-state index contributed by atoms with van der Waals surface area (Å²) in [5.41, 5.74) is 1.21. The summed E-state index contributed by atoms with van der Waals surface area (Å²) >= 11 is 4.77. The molecule has 0 aliphatic rings. The zero-order valence-electron chi connectivity index (χ0n) is 6.91. The highest BCUT2D eigenvalue weighted by atomic mass is 79.9. The minimum Gasteiger partial charge on any atom is -0.192 e. The van der Waals surface area contributed by atoms with Crippen LogP contribution in [0.3, 0.4) is 0 Å². The number of rotatable bonds is 0. The summed E-state index contributed by atoms with van der Waals surface area (Å²) in [5, 5.41) is 20.6. The summed E-state index contributed by atoms with van der Waals surface area (Å²) in [4.78, 5) is 0. The van der Waals surface area contributed by atoms with Crippen molar-refractivity contribution in [2.75, 3.05) is 0 Å². The Morgan fingerprint density at radius 2 is 2.07 bits per heavy atom. The number of nitriles is 2. The summed E-state index contributed by atoms with van der Waals surface area (Å²) in [5.74, 6) is 0. The molecule has 2 aromatic rings. The molecule has 1 aromatic carbocycles. The van der Waals surface area contributed by atoms with Gasteiger partial charge < -0.3 is 0 Å². The van der Waals surface area contributed by atoms with Crippen molar-refractivity contribution in [3.63, 3.8) is 0 Å². The molecule has 1 aromatic heterocycles. The van der Waals surface area contributed by atoms with Crippen LogP contribution < -0.4 is 0 Å². The molecule has 0 spiro atoms. The van der Waals surface area contributed by atoms with E-state index in [2.05, 4.69) is 28.1 Å². The summed E-state index contributed by atoms with van der Waals surface area (Å²) in [6, 6.07) is 7.80. The third kappa shape index (κ3) is 1.21. The van der Waals surface area contributed by atoms with E-state index in [0.29, 0.717) is 15.6 Å². The molecule has 66 valence electrons. The summed E-state index contributed by atoms with van der Waals surface area (Å²) < 4.78 is 1.56. The molecule has 0 amide bonds. The van der Waals surface area contributed by atoms with E-state index in [0.717, 1.165) is 10.1 Å². The standard InChI is InChI=1S/C10H3BrN2S/c11-9-3-6(4-12)10-7(1-2-14-10)8(9)5-13/h1-3H. The lowest BCUT2D eigenvalue weighted by molar-refractivity contribution is 1.47. The molecule has 0 aliphatic heterocycles. The number of hydrogen-bond acceptors (Lipinski definition) is 3. The Kier molecular flexibility index (Phi) is 2.25. The number of nitrogens with zero attached hydrogens (tertiary/aromatic N) is 2. The van der Waals surface area contributed by atoms with Gasteiger partial charge in [0.25, 0.3) is 0 Å². The minimum atomic E-state index is 0.597. The van der Waals surface area contributed by atoms with E-state index in [1.165, 1.54) is 11.3 Å². The largest absolute Gasteiger partial charge is 0.192 e. The molecule has 0 bridgehead atoms. The predicted molar refractivity (Wildman–Crippen MR) is 59.0 cm³/mol. The smallest absolute Gasteiger partial charge is 0.101 e. The third-order valence-corrected chi connectivity index (χ3v) is 3.49. The Bertz CT molecular complexity index is 586. The van der Waals surface area contributed by atoms with Gasteiger partial charge in [0.1, 0.15) is 12.1 Å². The molecule has 2 nitrogen and oxygen atoms in total. The molecule has 0 saturated carbocycles. The van der Waals surface area contributed by atoms with Gasteiger partial charge in [0.05, 0.1) is 15.8 Å². The second-order valence-corrected chi connectivity index (χ2v) is 4.44. The van der Waals surface area contributed by atoms with Crippen molar-refractivity contribution >= 4 is 37.4 Å². The number of hydrogen-bond donors (Lipinski definition) is 0. The topological polar surface area (TPSA) is 47.6 Å². The van der Waals surface area contributed by atoms with Crippen LogP contribution in [0.5, 0.6) is 0 Å². The maximum Gasteiger partial charge on any atom is 0.101 e. The summed E-state index contributed by atoms with van der Waals surface area (Å²) in [6.45, 7) is 0. The van der Waals surface area contributed by atoms with Crippen molar-refractivity contribution in [1.82, 2.24) is 0 Å². The van der Waals surface area contributed by atoms with Gasteiger partial charge in [0.2, 0.25) is 0 Å². The van der Waals surface area contributed by atoms with E-state index < -0.39 is 0 Å². The van der Waals surface area contributed by atoms with Gasteiger partial charge in [-0.05, 0) is 33.4 Å². The Hall–Kier alpha value is -1.36. The molecule has 0 saturated heterocycles. The zero-order chi connectivity index (χ0) is 10.1. The van der Waals surface area contributed by atoms with Crippen molar-refractivity contribution < 1.29 is 0 Å². The van der Waals surface area contributed by atoms with Crippen LogP contribution in [0.1, 0.15) is 11.1 Å². The van der Waals surface area contributed by atoms with Gasteiger partial charge in [0, 0.05) is 9.86 Å². The van der Waals surface area contributed by atoms with E-state index in [4.69, 9.17) is 10.5 Å². The first-order valence-electron chi connectivity index (χ1n) is 3.78. The highest BCUT2D eigenvalue weighted by Crippen LogP contribution is 2.32. The Morgan fingerprint density at radius 3 is 2.71 bits per heavy atom. The molecule has 0 unspecified atom stereocenters. The molecule has 14 heavy (non-hydrogen) atoms. The molecule has 1 heterocycles. The monoisotopic (exact) mass is 262 g/mol. The zero-order valence-corrected chi connectivity index (χ0v) is 9.32. The van der Waals surface area contributed by atoms with Crippen LogP contribution in [-0.2, 0) is 0 Å². The fraction of sp³-hybridized carbons (Fsp3) is 0. The van der Waals surface area contributed by atoms with Crippen LogP contribution in [0, 0.1) is 22.7 Å². The van der Waals surface area contributed by atoms with Crippen LogP contribution in [0.2, 0.25) is 0 Å². The number of thiophene rings is 1. The average Bonchev–Trinajstić information content (AvgIpc) is 2.65. The molecular weight excluding hydrogens is 260 g/mol. The van der Waals surface area contributed by atoms with Crippen LogP contribution in [0.25, 0.3) is 10.1 Å². The first kappa shape index (κ1) is 9.21. The van der Waals surface area contributed by atoms with E-state index in [1.54, 1.807) is 6.07 Å². The van der Waals surface area contributed by atoms with Gasteiger partial charge in [-0.25, -0.2) is 0 Å². The van der Waals surface area contributed by atoms with Gasteiger partial charge in [0.15, 0.2) is 0 Å². The fourth-order valence-corrected chi connectivity index (χ4v) is 2.70. The Morgan fingerprint density at radius 1 is 1.29 bits per heavy atom. The first-order valence-corrected chi connectivity index (χ1v) is 5.45. The van der Waals surface area contributed by atoms with Gasteiger partial charge in [-0.1, -0.05) is 0 Å². The average molecular weight is 263 g/mol. The fourth-order valence-electron chi connectivity index (χ4n) is 1.30. The number of halogens is 1. The van der Waals surface area contributed by atoms with Crippen molar-refractivity contribution in [3.8, 4) is 12.1 Å². The molecular formula is C10H3BrN2S. The lowest BCUT2D eigenvalue weighted by Gasteiger charge is -1.98. The lowest BCUT2D eigenvalue weighted by Crippen LogP contribution is -1.82.